The molecular weight excluding hydrogens is 407 g/mol. The molecule has 1 N–H and O–H groups in total. The minimum atomic E-state index is -0.553. The number of carbonyl (C=O) groups excluding carboxylic acids is 2. The second-order valence-electron chi connectivity index (χ2n) is 7.04. The van der Waals surface area contributed by atoms with Crippen LogP contribution in [0.1, 0.15) is 10.4 Å². The smallest absolute Gasteiger partial charge is 0.281 e. The van der Waals surface area contributed by atoms with Gasteiger partial charge in [0, 0.05) is 33.3 Å². The van der Waals surface area contributed by atoms with Gasteiger partial charge in [0.05, 0.1) is 26.1 Å². The van der Waals surface area contributed by atoms with E-state index in [9.17, 15) is 14.0 Å². The number of likely N-dealkylation sites (N-methyl/N-ethyl adjacent to an activating group) is 1. The molecule has 1 fully saturated rings. The molecule has 0 spiro atoms. The average molecular weight is 432 g/mol. The molecule has 0 radical (unpaired) electrons. The normalized spacial score (nSPS) is 14.2. The Kier molecular flexibility index (Phi) is 7.32. The Morgan fingerprint density at radius 1 is 1.35 bits per heavy atom. The fourth-order valence-corrected chi connectivity index (χ4v) is 2.94. The third kappa shape index (κ3) is 5.44. The number of morpholine rings is 1. The van der Waals surface area contributed by atoms with Crippen molar-refractivity contribution >= 4 is 24.3 Å². The van der Waals surface area contributed by atoms with Crippen molar-refractivity contribution in [1.29, 1.82) is 0 Å². The molecule has 1 aliphatic rings. The quantitative estimate of drug-likeness (QED) is 0.622. The predicted molar refractivity (Wildman–Crippen MR) is 112 cm³/mol. The number of hydrogen-bond donors (Lipinski definition) is 1. The van der Waals surface area contributed by atoms with Crippen molar-refractivity contribution in [2.24, 2.45) is 4.99 Å². The average Bonchev–Trinajstić information content (AvgIpc) is 3.19. The highest BCUT2D eigenvalue weighted by Gasteiger charge is 2.22. The number of nitrogens with one attached hydrogen (secondary N) is 1. The number of aliphatic imine (C=N–C) groups is 1. The van der Waals surface area contributed by atoms with Crippen LogP contribution in [0.4, 0.5) is 10.2 Å². The monoisotopic (exact) mass is 432 g/mol. The summed E-state index contributed by atoms with van der Waals surface area (Å²) >= 11 is 0. The number of ether oxygens (including phenoxy) is 2. The van der Waals surface area contributed by atoms with Gasteiger partial charge in [-0.1, -0.05) is 0 Å². The zero-order chi connectivity index (χ0) is 22.4. The van der Waals surface area contributed by atoms with Crippen molar-refractivity contribution < 1.29 is 23.5 Å². The summed E-state index contributed by atoms with van der Waals surface area (Å²) < 4.78 is 26.3. The number of benzene rings is 1. The number of rotatable bonds is 8. The van der Waals surface area contributed by atoms with E-state index >= 15 is 0 Å². The second kappa shape index (κ2) is 10.1. The van der Waals surface area contributed by atoms with Crippen molar-refractivity contribution in [3.05, 3.63) is 35.8 Å². The number of hydrogen-bond acceptors (Lipinski definition) is 7. The summed E-state index contributed by atoms with van der Waals surface area (Å²) in [6.07, 6.45) is 1.36. The highest BCUT2D eigenvalue weighted by atomic mass is 19.1. The van der Waals surface area contributed by atoms with Crippen molar-refractivity contribution in [3.8, 4) is 11.4 Å². The van der Waals surface area contributed by atoms with E-state index in [1.165, 1.54) is 34.0 Å². The minimum absolute atomic E-state index is 0.110. The largest absolute Gasteiger partial charge is 0.481 e. The molecule has 1 aliphatic heterocycles. The lowest BCUT2D eigenvalue weighted by molar-refractivity contribution is -0.130. The first kappa shape index (κ1) is 22.4. The molecule has 10 nitrogen and oxygen atoms in total. The molecule has 0 aliphatic carbocycles. The molecule has 11 heteroatoms. The van der Waals surface area contributed by atoms with Crippen LogP contribution < -0.4 is 10.1 Å². The Morgan fingerprint density at radius 3 is 2.77 bits per heavy atom. The lowest BCUT2D eigenvalue weighted by Gasteiger charge is -2.27. The summed E-state index contributed by atoms with van der Waals surface area (Å²) in [7, 11) is 3.19. The molecule has 0 atom stereocenters. The van der Waals surface area contributed by atoms with Gasteiger partial charge in [0.1, 0.15) is 28.6 Å². The molecule has 0 saturated carbocycles. The van der Waals surface area contributed by atoms with E-state index in [2.05, 4.69) is 27.0 Å². The summed E-state index contributed by atoms with van der Waals surface area (Å²) in [6, 6.07) is 3.88. The van der Waals surface area contributed by atoms with Crippen molar-refractivity contribution in [2.75, 3.05) is 59.0 Å². The summed E-state index contributed by atoms with van der Waals surface area (Å²) in [6.45, 7) is 6.17. The Hall–Kier alpha value is -3.31. The van der Waals surface area contributed by atoms with E-state index in [-0.39, 0.29) is 23.8 Å². The third-order valence-electron chi connectivity index (χ3n) is 4.72. The Balaban J connectivity index is 1.93. The maximum absolute atomic E-state index is 13.9. The molecule has 2 amide bonds. The first-order valence-electron chi connectivity index (χ1n) is 9.66. The molecule has 1 aromatic heterocycles. The number of carbonyl (C=O) groups is 2. The van der Waals surface area contributed by atoms with E-state index < -0.39 is 11.7 Å². The maximum atomic E-state index is 13.9. The van der Waals surface area contributed by atoms with Crippen LogP contribution >= 0.6 is 0 Å². The SMILES string of the molecule is C=NC(=O)c1cnn(-c2ccc(F)cc2OCC(=O)N(C)C)c1NCN1CCOCC1. The lowest BCUT2D eigenvalue weighted by atomic mass is 10.2. The molecule has 3 rings (SSSR count). The molecule has 31 heavy (non-hydrogen) atoms. The van der Waals surface area contributed by atoms with E-state index in [4.69, 9.17) is 9.47 Å². The highest BCUT2D eigenvalue weighted by molar-refractivity contribution is 6.01. The van der Waals surface area contributed by atoms with Gasteiger partial charge in [-0.15, -0.1) is 0 Å². The third-order valence-corrected chi connectivity index (χ3v) is 4.72. The summed E-state index contributed by atoms with van der Waals surface area (Å²) in [4.78, 5) is 31.1. The van der Waals surface area contributed by atoms with Crippen LogP contribution in [-0.4, -0.2) is 91.8 Å². The first-order valence-corrected chi connectivity index (χ1v) is 9.66. The Morgan fingerprint density at radius 2 is 2.10 bits per heavy atom. The van der Waals surface area contributed by atoms with Gasteiger partial charge in [-0.05, 0) is 18.9 Å². The van der Waals surface area contributed by atoms with E-state index in [1.807, 2.05) is 0 Å². The van der Waals surface area contributed by atoms with Crippen LogP contribution in [0.3, 0.4) is 0 Å². The van der Waals surface area contributed by atoms with Crippen LogP contribution in [0.15, 0.2) is 29.4 Å². The Bertz CT molecular complexity index is 955. The van der Waals surface area contributed by atoms with Crippen LogP contribution in [0.2, 0.25) is 0 Å². The van der Waals surface area contributed by atoms with E-state index in [1.54, 1.807) is 14.1 Å². The number of amides is 2. The van der Waals surface area contributed by atoms with Gasteiger partial charge in [-0.25, -0.2) is 14.1 Å². The van der Waals surface area contributed by atoms with Crippen molar-refractivity contribution in [1.82, 2.24) is 19.6 Å². The van der Waals surface area contributed by atoms with E-state index in [0.717, 1.165) is 13.1 Å². The topological polar surface area (TPSA) is 101 Å². The fraction of sp³-hybridized carbons (Fsp3) is 0.400. The molecule has 0 bridgehead atoms. The van der Waals surface area contributed by atoms with Gasteiger partial charge >= 0.3 is 0 Å². The zero-order valence-electron chi connectivity index (χ0n) is 17.5. The standard InChI is InChI=1S/C20H25FN6O4/c1-22-20(29)15-11-24-27(19(15)23-13-26-6-8-30-9-7-26)16-5-4-14(21)10-17(16)31-12-18(28)25(2)3/h4-5,10-11,23H,1,6-9,12-13H2,2-3H3. The molecule has 2 aromatic rings. The molecule has 2 heterocycles. The first-order chi connectivity index (χ1) is 14.9. The number of aromatic nitrogens is 2. The van der Waals surface area contributed by atoms with Gasteiger partial charge < -0.3 is 19.7 Å². The zero-order valence-corrected chi connectivity index (χ0v) is 17.5. The van der Waals surface area contributed by atoms with Gasteiger partial charge in [0.25, 0.3) is 11.8 Å². The number of nitrogens with zero attached hydrogens (tertiary/aromatic N) is 5. The lowest BCUT2D eigenvalue weighted by Crippen LogP contribution is -2.39. The van der Waals surface area contributed by atoms with Gasteiger partial charge in [-0.2, -0.15) is 5.10 Å². The maximum Gasteiger partial charge on any atom is 0.281 e. The Labute approximate surface area is 179 Å². The number of anilines is 1. The highest BCUT2D eigenvalue weighted by Crippen LogP contribution is 2.29. The molecule has 166 valence electrons. The van der Waals surface area contributed by atoms with Crippen LogP contribution in [0.5, 0.6) is 5.75 Å². The van der Waals surface area contributed by atoms with Crippen LogP contribution in [0, 0.1) is 5.82 Å². The fourth-order valence-electron chi connectivity index (χ4n) is 2.94. The summed E-state index contributed by atoms with van der Waals surface area (Å²) in [5, 5.41) is 7.48. The number of halogens is 1. The van der Waals surface area contributed by atoms with Gasteiger partial charge in [0.2, 0.25) is 0 Å². The van der Waals surface area contributed by atoms with Crippen molar-refractivity contribution in [3.63, 3.8) is 0 Å². The summed E-state index contributed by atoms with van der Waals surface area (Å²) in [5.41, 5.74) is 0.573. The van der Waals surface area contributed by atoms with Crippen LogP contribution in [-0.2, 0) is 9.53 Å². The van der Waals surface area contributed by atoms with Crippen LogP contribution in [0.25, 0.3) is 5.69 Å². The summed E-state index contributed by atoms with van der Waals surface area (Å²) in [5.74, 6) is -0.899. The second-order valence-corrected chi connectivity index (χ2v) is 7.04. The molecule has 0 unspecified atom stereocenters. The van der Waals surface area contributed by atoms with Gasteiger partial charge in [-0.3, -0.25) is 14.5 Å². The predicted octanol–water partition coefficient (Wildman–Crippen LogP) is 1.02. The molecule has 1 saturated heterocycles. The molecule has 1 aromatic carbocycles. The minimum Gasteiger partial charge on any atom is -0.481 e. The van der Waals surface area contributed by atoms with E-state index in [0.29, 0.717) is 31.4 Å². The van der Waals surface area contributed by atoms with Crippen molar-refractivity contribution in [2.45, 2.75) is 0 Å². The van der Waals surface area contributed by atoms with Gasteiger partial charge in [0.15, 0.2) is 6.61 Å². The molecular formula is C20H25FN6O4.